The molecule has 1 saturated heterocycles. The number of amides is 1. The summed E-state index contributed by atoms with van der Waals surface area (Å²) >= 11 is 0. The monoisotopic (exact) mass is 382 g/mol. The Morgan fingerprint density at radius 1 is 1.21 bits per heavy atom. The first kappa shape index (κ1) is 20.3. The minimum absolute atomic E-state index is 0.00832. The summed E-state index contributed by atoms with van der Waals surface area (Å²) < 4.78 is 5.31. The summed E-state index contributed by atoms with van der Waals surface area (Å²) in [4.78, 5) is 26.0. The third kappa shape index (κ3) is 4.68. The first-order valence-electron chi connectivity index (χ1n) is 9.76. The smallest absolute Gasteiger partial charge is 0.257 e. The van der Waals surface area contributed by atoms with Gasteiger partial charge in [-0.1, -0.05) is 32.9 Å². The van der Waals surface area contributed by atoms with Crippen LogP contribution in [0.3, 0.4) is 0 Å². The van der Waals surface area contributed by atoms with Gasteiger partial charge < -0.3 is 9.64 Å². The molecule has 150 valence electrons. The molecule has 6 heteroatoms. The maximum absolute atomic E-state index is 12.9. The van der Waals surface area contributed by atoms with Gasteiger partial charge in [-0.15, -0.1) is 0 Å². The molecule has 2 heterocycles. The van der Waals surface area contributed by atoms with E-state index in [2.05, 4.69) is 54.7 Å². The number of rotatable bonds is 4. The number of benzene rings is 1. The van der Waals surface area contributed by atoms with E-state index < -0.39 is 0 Å². The average Bonchev–Trinajstić information content (AvgIpc) is 2.67. The third-order valence-electron chi connectivity index (χ3n) is 5.08. The average molecular weight is 383 g/mol. The second-order valence-corrected chi connectivity index (χ2v) is 8.48. The highest BCUT2D eigenvalue weighted by atomic mass is 16.5. The van der Waals surface area contributed by atoms with E-state index in [1.807, 2.05) is 17.0 Å². The summed E-state index contributed by atoms with van der Waals surface area (Å²) in [5, 5.41) is 0. The molecule has 6 nitrogen and oxygen atoms in total. The minimum Gasteiger partial charge on any atom is -0.497 e. The van der Waals surface area contributed by atoms with Crippen LogP contribution < -0.4 is 4.74 Å². The predicted molar refractivity (Wildman–Crippen MR) is 110 cm³/mol. The molecule has 0 unspecified atom stereocenters. The van der Waals surface area contributed by atoms with Crippen LogP contribution in [-0.2, 0) is 12.0 Å². The highest BCUT2D eigenvalue weighted by molar-refractivity contribution is 5.93. The predicted octanol–water partition coefficient (Wildman–Crippen LogP) is 3.13. The molecule has 28 heavy (non-hydrogen) atoms. The molecular formula is C22H30N4O2. The normalized spacial score (nSPS) is 18.2. The van der Waals surface area contributed by atoms with Crippen LogP contribution in [0.4, 0.5) is 0 Å². The van der Waals surface area contributed by atoms with E-state index in [1.165, 1.54) is 5.56 Å². The van der Waals surface area contributed by atoms with E-state index in [0.717, 1.165) is 31.2 Å². The number of carbonyl (C=O) groups is 1. The Morgan fingerprint density at radius 2 is 1.93 bits per heavy atom. The summed E-state index contributed by atoms with van der Waals surface area (Å²) in [7, 11) is 1.68. The van der Waals surface area contributed by atoms with Gasteiger partial charge in [0.2, 0.25) is 0 Å². The summed E-state index contributed by atoms with van der Waals surface area (Å²) in [6.07, 6.45) is 3.32. The molecule has 1 aromatic heterocycles. The molecule has 0 saturated carbocycles. The molecular weight excluding hydrogens is 352 g/mol. The maximum Gasteiger partial charge on any atom is 0.257 e. The maximum atomic E-state index is 12.9. The van der Waals surface area contributed by atoms with E-state index in [1.54, 1.807) is 19.5 Å². The molecule has 0 N–H and O–H groups in total. The van der Waals surface area contributed by atoms with Gasteiger partial charge >= 0.3 is 0 Å². The number of piperazine rings is 1. The van der Waals surface area contributed by atoms with Crippen molar-refractivity contribution < 1.29 is 9.53 Å². The van der Waals surface area contributed by atoms with Gasteiger partial charge in [0.15, 0.2) is 0 Å². The second-order valence-electron chi connectivity index (χ2n) is 8.48. The van der Waals surface area contributed by atoms with Gasteiger partial charge in [-0.2, -0.15) is 0 Å². The molecule has 1 aliphatic heterocycles. The van der Waals surface area contributed by atoms with Gasteiger partial charge in [-0.05, 0) is 24.6 Å². The Morgan fingerprint density at radius 3 is 2.54 bits per heavy atom. The van der Waals surface area contributed by atoms with E-state index in [-0.39, 0.29) is 17.4 Å². The molecule has 0 bridgehead atoms. The van der Waals surface area contributed by atoms with Crippen LogP contribution in [0, 0.1) is 0 Å². The fourth-order valence-corrected chi connectivity index (χ4v) is 3.50. The van der Waals surface area contributed by atoms with Crippen molar-refractivity contribution in [2.75, 3.05) is 26.7 Å². The highest BCUT2D eigenvalue weighted by Gasteiger charge is 2.29. The fraction of sp³-hybridized carbons (Fsp3) is 0.500. The number of hydrogen-bond donors (Lipinski definition) is 0. The van der Waals surface area contributed by atoms with E-state index in [9.17, 15) is 4.79 Å². The lowest BCUT2D eigenvalue weighted by Crippen LogP contribution is -2.53. The Balaban J connectivity index is 1.62. The van der Waals surface area contributed by atoms with Crippen LogP contribution >= 0.6 is 0 Å². The van der Waals surface area contributed by atoms with E-state index in [0.29, 0.717) is 12.1 Å². The summed E-state index contributed by atoms with van der Waals surface area (Å²) in [5.41, 5.74) is 1.65. The van der Waals surface area contributed by atoms with Gasteiger partial charge in [0.05, 0.1) is 12.7 Å². The molecule has 3 rings (SSSR count). The number of methoxy groups -OCH3 is 1. The van der Waals surface area contributed by atoms with Crippen LogP contribution in [0.15, 0.2) is 36.7 Å². The number of nitrogens with zero attached hydrogens (tertiary/aromatic N) is 4. The van der Waals surface area contributed by atoms with Crippen molar-refractivity contribution in [2.45, 2.75) is 45.7 Å². The summed E-state index contributed by atoms with van der Waals surface area (Å²) in [6, 6.07) is 8.28. The highest BCUT2D eigenvalue weighted by Crippen LogP contribution is 2.20. The summed E-state index contributed by atoms with van der Waals surface area (Å²) in [5.74, 6) is 1.63. The lowest BCUT2D eigenvalue weighted by Gasteiger charge is -2.40. The summed E-state index contributed by atoms with van der Waals surface area (Å²) in [6.45, 7) is 11.5. The molecule has 1 aliphatic rings. The number of aromatic nitrogens is 2. The molecule has 1 amide bonds. The molecule has 1 aromatic carbocycles. The van der Waals surface area contributed by atoms with Crippen LogP contribution in [0.2, 0.25) is 0 Å². The quantitative estimate of drug-likeness (QED) is 0.813. The molecule has 1 atom stereocenters. The zero-order chi connectivity index (χ0) is 20.3. The fourth-order valence-electron chi connectivity index (χ4n) is 3.50. The zero-order valence-corrected chi connectivity index (χ0v) is 17.5. The van der Waals surface area contributed by atoms with Crippen LogP contribution in [0.1, 0.15) is 49.4 Å². The molecule has 0 radical (unpaired) electrons. The standard InChI is InChI=1S/C22H30N4O2/c1-16-14-25(15-17-7-6-8-19(11-17)28-5)9-10-26(16)20(27)18-12-23-21(24-13-18)22(2,3)4/h6-8,11-13,16H,9-10,14-15H2,1-5H3/t16-/m0/s1. The first-order valence-corrected chi connectivity index (χ1v) is 9.76. The van der Waals surface area contributed by atoms with Gasteiger partial charge in [0, 0.05) is 50.0 Å². The van der Waals surface area contributed by atoms with Crippen molar-refractivity contribution in [1.29, 1.82) is 0 Å². The van der Waals surface area contributed by atoms with Gasteiger partial charge in [0.25, 0.3) is 5.91 Å². The molecule has 1 fully saturated rings. The third-order valence-corrected chi connectivity index (χ3v) is 5.08. The lowest BCUT2D eigenvalue weighted by atomic mass is 9.96. The Hall–Kier alpha value is -2.47. The van der Waals surface area contributed by atoms with E-state index in [4.69, 9.17) is 4.74 Å². The van der Waals surface area contributed by atoms with Gasteiger partial charge in [-0.25, -0.2) is 9.97 Å². The lowest BCUT2D eigenvalue weighted by molar-refractivity contribution is 0.0474. The molecule has 2 aromatic rings. The number of carbonyl (C=O) groups excluding carboxylic acids is 1. The minimum atomic E-state index is -0.124. The van der Waals surface area contributed by atoms with Crippen molar-refractivity contribution >= 4 is 5.91 Å². The molecule has 0 spiro atoms. The number of hydrogen-bond acceptors (Lipinski definition) is 5. The van der Waals surface area contributed by atoms with Crippen molar-refractivity contribution in [3.8, 4) is 5.75 Å². The van der Waals surface area contributed by atoms with Crippen molar-refractivity contribution in [2.24, 2.45) is 0 Å². The van der Waals surface area contributed by atoms with Crippen molar-refractivity contribution in [1.82, 2.24) is 19.8 Å². The van der Waals surface area contributed by atoms with Crippen LogP contribution in [0.5, 0.6) is 5.75 Å². The zero-order valence-electron chi connectivity index (χ0n) is 17.5. The van der Waals surface area contributed by atoms with Crippen molar-refractivity contribution in [3.05, 3.63) is 53.6 Å². The topological polar surface area (TPSA) is 58.6 Å². The van der Waals surface area contributed by atoms with Crippen molar-refractivity contribution in [3.63, 3.8) is 0 Å². The first-order chi connectivity index (χ1) is 13.3. The molecule has 0 aliphatic carbocycles. The Labute approximate surface area is 167 Å². The van der Waals surface area contributed by atoms with Crippen LogP contribution in [0.25, 0.3) is 0 Å². The second kappa shape index (κ2) is 8.27. The Bertz CT molecular complexity index is 814. The largest absolute Gasteiger partial charge is 0.497 e. The SMILES string of the molecule is COc1cccc(CN2CCN(C(=O)c3cnc(C(C)(C)C)nc3)[C@@H](C)C2)c1. The number of ether oxygens (including phenoxy) is 1. The van der Waals surface area contributed by atoms with Crippen LogP contribution in [-0.4, -0.2) is 58.5 Å². The van der Waals surface area contributed by atoms with Gasteiger partial charge in [0.1, 0.15) is 11.6 Å². The van der Waals surface area contributed by atoms with E-state index >= 15 is 0 Å². The Kier molecular flexibility index (Phi) is 5.98. The van der Waals surface area contributed by atoms with Gasteiger partial charge in [-0.3, -0.25) is 9.69 Å².